The van der Waals surface area contributed by atoms with Crippen molar-refractivity contribution >= 4 is 12.3 Å². The number of H-pyrrole nitrogens is 1. The van der Waals surface area contributed by atoms with Crippen LogP contribution in [0.3, 0.4) is 0 Å². The molecule has 2 aromatic heterocycles. The highest BCUT2D eigenvalue weighted by Gasteiger charge is 2.14. The SMILES string of the molecule is O=c1[nH]c(Oc2cnn(CC3CCCNC3)c2)nc2c1=CCNC=2. The van der Waals surface area contributed by atoms with Crippen LogP contribution in [0.1, 0.15) is 12.8 Å². The molecule has 0 aromatic carbocycles. The Kier molecular flexibility index (Phi) is 4.04. The lowest BCUT2D eigenvalue weighted by Crippen LogP contribution is -2.46. The number of hydrogen-bond acceptors (Lipinski definition) is 6. The number of nitrogens with zero attached hydrogens (tertiary/aromatic N) is 3. The van der Waals surface area contributed by atoms with Gasteiger partial charge in [0.2, 0.25) is 0 Å². The van der Waals surface area contributed by atoms with E-state index in [0.717, 1.165) is 19.6 Å². The van der Waals surface area contributed by atoms with Crippen LogP contribution in [0.15, 0.2) is 17.2 Å². The molecular formula is C16H20N6O2. The number of hydrogen-bond donors (Lipinski definition) is 3. The van der Waals surface area contributed by atoms with E-state index in [9.17, 15) is 4.79 Å². The Balaban J connectivity index is 1.50. The Morgan fingerprint density at radius 3 is 3.25 bits per heavy atom. The molecular weight excluding hydrogens is 308 g/mol. The molecule has 0 radical (unpaired) electrons. The first-order valence-electron chi connectivity index (χ1n) is 8.23. The second-order valence-corrected chi connectivity index (χ2v) is 6.14. The zero-order valence-corrected chi connectivity index (χ0v) is 13.3. The van der Waals surface area contributed by atoms with Crippen molar-refractivity contribution in [3.63, 3.8) is 0 Å². The molecule has 0 saturated carbocycles. The first kappa shape index (κ1) is 14.9. The fraction of sp³-hybridized carbons (Fsp3) is 0.438. The van der Waals surface area contributed by atoms with Gasteiger partial charge in [0.25, 0.3) is 5.56 Å². The number of piperidine rings is 1. The van der Waals surface area contributed by atoms with Crippen LogP contribution in [-0.4, -0.2) is 39.4 Å². The van der Waals surface area contributed by atoms with Crippen LogP contribution in [0, 0.1) is 5.92 Å². The maximum absolute atomic E-state index is 12.1. The highest BCUT2D eigenvalue weighted by atomic mass is 16.5. The Bertz CT molecular complexity index is 894. The third kappa shape index (κ3) is 3.18. The number of rotatable bonds is 4. The smallest absolute Gasteiger partial charge is 0.302 e. The second kappa shape index (κ2) is 6.48. The predicted molar refractivity (Wildman–Crippen MR) is 88.9 cm³/mol. The van der Waals surface area contributed by atoms with Crippen LogP contribution in [0.5, 0.6) is 11.8 Å². The van der Waals surface area contributed by atoms with Gasteiger partial charge in [0.05, 0.1) is 23.0 Å². The predicted octanol–water partition coefficient (Wildman–Crippen LogP) is -1.12. The first-order valence-corrected chi connectivity index (χ1v) is 8.23. The Morgan fingerprint density at radius 2 is 2.38 bits per heavy atom. The summed E-state index contributed by atoms with van der Waals surface area (Å²) in [4.78, 5) is 19.0. The summed E-state index contributed by atoms with van der Waals surface area (Å²) in [5, 5.41) is 11.9. The van der Waals surface area contributed by atoms with Gasteiger partial charge in [0.1, 0.15) is 0 Å². The van der Waals surface area contributed by atoms with Gasteiger partial charge < -0.3 is 15.4 Å². The van der Waals surface area contributed by atoms with Crippen molar-refractivity contribution in [2.75, 3.05) is 19.6 Å². The molecule has 3 N–H and O–H groups in total. The van der Waals surface area contributed by atoms with Crippen molar-refractivity contribution in [1.29, 1.82) is 0 Å². The molecule has 24 heavy (non-hydrogen) atoms. The van der Waals surface area contributed by atoms with Gasteiger partial charge in [0.15, 0.2) is 5.75 Å². The summed E-state index contributed by atoms with van der Waals surface area (Å²) in [6.07, 6.45) is 9.42. The molecule has 2 aromatic rings. The normalized spacial score (nSPS) is 19.6. The van der Waals surface area contributed by atoms with E-state index in [1.165, 1.54) is 12.8 Å². The molecule has 0 amide bonds. The third-order valence-corrected chi connectivity index (χ3v) is 4.29. The van der Waals surface area contributed by atoms with E-state index in [0.29, 0.717) is 28.8 Å². The summed E-state index contributed by atoms with van der Waals surface area (Å²) in [5.41, 5.74) is -0.201. The summed E-state index contributed by atoms with van der Waals surface area (Å²) in [6, 6.07) is 0.172. The van der Waals surface area contributed by atoms with Crippen LogP contribution in [0.2, 0.25) is 0 Å². The monoisotopic (exact) mass is 328 g/mol. The van der Waals surface area contributed by atoms with E-state index < -0.39 is 0 Å². The van der Waals surface area contributed by atoms with E-state index >= 15 is 0 Å². The molecule has 4 rings (SSSR count). The largest absolute Gasteiger partial charge is 0.422 e. The van der Waals surface area contributed by atoms with E-state index in [1.807, 2.05) is 10.9 Å². The minimum Gasteiger partial charge on any atom is -0.422 e. The molecule has 1 saturated heterocycles. The van der Waals surface area contributed by atoms with E-state index in [-0.39, 0.29) is 11.6 Å². The molecule has 126 valence electrons. The number of ether oxygens (including phenoxy) is 1. The quantitative estimate of drug-likeness (QED) is 0.658. The zero-order chi connectivity index (χ0) is 16.4. The molecule has 2 aliphatic heterocycles. The highest BCUT2D eigenvalue weighted by Crippen LogP contribution is 2.17. The lowest BCUT2D eigenvalue weighted by atomic mass is 10.00. The Morgan fingerprint density at radius 1 is 1.42 bits per heavy atom. The molecule has 0 spiro atoms. The van der Waals surface area contributed by atoms with Crippen molar-refractivity contribution < 1.29 is 4.74 Å². The van der Waals surface area contributed by atoms with E-state index in [2.05, 4.69) is 25.7 Å². The third-order valence-electron chi connectivity index (χ3n) is 4.29. The number of fused-ring (bicyclic) bond motifs is 1. The van der Waals surface area contributed by atoms with Gasteiger partial charge in [-0.05, 0) is 31.8 Å². The standard InChI is InChI=1S/C16H20N6O2/c23-15-13-3-5-18-8-14(13)20-16(21-15)24-12-7-19-22(10-12)9-11-2-1-4-17-6-11/h3,7-8,10-11,17-18H,1-2,4-6,9H2,(H,20,21,23). The molecule has 2 aliphatic rings. The lowest BCUT2D eigenvalue weighted by Gasteiger charge is -2.22. The Hall–Kier alpha value is -2.61. The zero-order valence-electron chi connectivity index (χ0n) is 13.3. The first-order chi connectivity index (χ1) is 11.8. The van der Waals surface area contributed by atoms with Crippen LogP contribution < -0.4 is 31.5 Å². The van der Waals surface area contributed by atoms with Gasteiger partial charge in [-0.3, -0.25) is 14.5 Å². The number of aromatic nitrogens is 4. The highest BCUT2D eigenvalue weighted by molar-refractivity contribution is 5.35. The minimum atomic E-state index is -0.201. The van der Waals surface area contributed by atoms with Gasteiger partial charge in [0, 0.05) is 19.3 Å². The molecule has 0 bridgehead atoms. The number of nitrogens with one attached hydrogen (secondary N) is 3. The summed E-state index contributed by atoms with van der Waals surface area (Å²) in [6.45, 7) is 3.61. The second-order valence-electron chi connectivity index (χ2n) is 6.14. The van der Waals surface area contributed by atoms with Crippen molar-refractivity contribution in [2.45, 2.75) is 19.4 Å². The van der Waals surface area contributed by atoms with Crippen LogP contribution in [0.4, 0.5) is 0 Å². The van der Waals surface area contributed by atoms with Gasteiger partial charge in [-0.25, -0.2) is 0 Å². The van der Waals surface area contributed by atoms with Crippen LogP contribution in [0.25, 0.3) is 12.3 Å². The molecule has 8 nitrogen and oxygen atoms in total. The summed E-state index contributed by atoms with van der Waals surface area (Å²) < 4.78 is 7.55. The fourth-order valence-electron chi connectivity index (χ4n) is 3.10. The summed E-state index contributed by atoms with van der Waals surface area (Å²) in [5.74, 6) is 1.15. The average Bonchev–Trinajstić information content (AvgIpc) is 3.03. The van der Waals surface area contributed by atoms with Crippen LogP contribution in [-0.2, 0) is 6.54 Å². The molecule has 1 fully saturated rings. The fourth-order valence-corrected chi connectivity index (χ4v) is 3.10. The molecule has 8 heteroatoms. The van der Waals surface area contributed by atoms with Gasteiger partial charge >= 0.3 is 6.01 Å². The topological polar surface area (TPSA) is 96.9 Å². The molecule has 1 unspecified atom stereocenters. The van der Waals surface area contributed by atoms with Crippen molar-refractivity contribution in [2.24, 2.45) is 5.92 Å². The lowest BCUT2D eigenvalue weighted by molar-refractivity contribution is 0.324. The number of aromatic amines is 1. The summed E-state index contributed by atoms with van der Waals surface area (Å²) in [7, 11) is 0. The van der Waals surface area contributed by atoms with Crippen LogP contribution >= 0.6 is 0 Å². The molecule has 0 aliphatic carbocycles. The van der Waals surface area contributed by atoms with Gasteiger partial charge in [-0.1, -0.05) is 6.08 Å². The molecule has 4 heterocycles. The van der Waals surface area contributed by atoms with Crippen molar-refractivity contribution in [1.82, 2.24) is 30.4 Å². The average molecular weight is 328 g/mol. The van der Waals surface area contributed by atoms with E-state index in [1.54, 1.807) is 18.5 Å². The van der Waals surface area contributed by atoms with Gasteiger partial charge in [-0.2, -0.15) is 10.1 Å². The maximum Gasteiger partial charge on any atom is 0.302 e. The van der Waals surface area contributed by atoms with Gasteiger partial charge in [-0.15, -0.1) is 0 Å². The van der Waals surface area contributed by atoms with Crippen molar-refractivity contribution in [3.05, 3.63) is 33.3 Å². The summed E-state index contributed by atoms with van der Waals surface area (Å²) >= 11 is 0. The van der Waals surface area contributed by atoms with Crippen molar-refractivity contribution in [3.8, 4) is 11.8 Å². The minimum absolute atomic E-state index is 0.172. The maximum atomic E-state index is 12.1. The molecule has 1 atom stereocenters. The Labute approximate surface area is 138 Å². The van der Waals surface area contributed by atoms with E-state index in [4.69, 9.17) is 4.74 Å².